The Kier molecular flexibility index (Phi) is 5.70. The van der Waals surface area contributed by atoms with Crippen LogP contribution in [0.5, 0.6) is 0 Å². The van der Waals surface area contributed by atoms with Gasteiger partial charge in [0.2, 0.25) is 5.91 Å². The number of nitrogens with zero attached hydrogens (tertiary/aromatic N) is 2. The lowest BCUT2D eigenvalue weighted by Crippen LogP contribution is -2.47. The van der Waals surface area contributed by atoms with E-state index in [2.05, 4.69) is 5.32 Å². The summed E-state index contributed by atoms with van der Waals surface area (Å²) in [5.74, 6) is -2.07. The summed E-state index contributed by atoms with van der Waals surface area (Å²) in [6.07, 6.45) is 3.62. The fourth-order valence-corrected chi connectivity index (χ4v) is 3.13. The molecule has 0 radical (unpaired) electrons. The van der Waals surface area contributed by atoms with E-state index in [1.807, 2.05) is 6.92 Å². The minimum Gasteiger partial charge on any atom is -0.383 e. The van der Waals surface area contributed by atoms with E-state index < -0.39 is 30.3 Å². The smallest absolute Gasteiger partial charge is 0.334 e. The van der Waals surface area contributed by atoms with Crippen molar-refractivity contribution in [3.63, 3.8) is 0 Å². The molecular weight excluding hydrogens is 302 g/mol. The van der Waals surface area contributed by atoms with Gasteiger partial charge in [-0.2, -0.15) is 0 Å². The molecule has 1 heterocycles. The molecule has 128 valence electrons. The molecule has 1 aliphatic carbocycles. The van der Waals surface area contributed by atoms with Crippen molar-refractivity contribution in [3.05, 3.63) is 0 Å². The lowest BCUT2D eigenvalue weighted by Gasteiger charge is -2.34. The van der Waals surface area contributed by atoms with Crippen molar-refractivity contribution in [3.8, 4) is 0 Å². The summed E-state index contributed by atoms with van der Waals surface area (Å²) in [6, 6.07) is -0.935. The number of rotatable bonds is 6. The van der Waals surface area contributed by atoms with Crippen LogP contribution >= 0.6 is 0 Å². The zero-order valence-electron chi connectivity index (χ0n) is 13.5. The van der Waals surface area contributed by atoms with Crippen molar-refractivity contribution < 1.29 is 23.9 Å². The zero-order valence-corrected chi connectivity index (χ0v) is 13.5. The molecule has 0 aromatic carbocycles. The number of amides is 5. The average Bonchev–Trinajstić information content (AvgIpc) is 2.72. The van der Waals surface area contributed by atoms with Gasteiger partial charge in [-0.1, -0.05) is 19.8 Å². The van der Waals surface area contributed by atoms with E-state index >= 15 is 0 Å². The Morgan fingerprint density at radius 3 is 2.57 bits per heavy atom. The Morgan fingerprint density at radius 2 is 1.91 bits per heavy atom. The van der Waals surface area contributed by atoms with Crippen LogP contribution in [0.4, 0.5) is 4.79 Å². The SMILES string of the molecule is COCCNC(=O)CN1C(=O)C(=O)N([C@H]2CCCC[C@@H]2C)C1=O. The van der Waals surface area contributed by atoms with Crippen LogP contribution in [0.1, 0.15) is 32.6 Å². The number of carbonyl (C=O) groups excluding carboxylic acids is 4. The van der Waals surface area contributed by atoms with E-state index in [1.54, 1.807) is 0 Å². The van der Waals surface area contributed by atoms with E-state index in [9.17, 15) is 19.2 Å². The predicted molar refractivity (Wildman–Crippen MR) is 80.3 cm³/mol. The Labute approximate surface area is 135 Å². The Hall–Kier alpha value is -1.96. The number of hydrogen-bond donors (Lipinski definition) is 1. The second kappa shape index (κ2) is 7.54. The van der Waals surface area contributed by atoms with Gasteiger partial charge in [-0.25, -0.2) is 9.69 Å². The van der Waals surface area contributed by atoms with Crippen molar-refractivity contribution in [2.24, 2.45) is 5.92 Å². The van der Waals surface area contributed by atoms with Crippen LogP contribution < -0.4 is 5.32 Å². The maximum absolute atomic E-state index is 12.4. The third-order valence-electron chi connectivity index (χ3n) is 4.41. The molecule has 8 heteroatoms. The molecule has 1 saturated heterocycles. The largest absolute Gasteiger partial charge is 0.383 e. The van der Waals surface area contributed by atoms with Crippen LogP contribution in [0.2, 0.25) is 0 Å². The first-order valence-corrected chi connectivity index (χ1v) is 7.92. The summed E-state index contributed by atoms with van der Waals surface area (Å²) in [5, 5.41) is 2.53. The third kappa shape index (κ3) is 3.69. The highest BCUT2D eigenvalue weighted by Gasteiger charge is 2.49. The minimum atomic E-state index is -0.922. The normalized spacial score (nSPS) is 25.2. The Balaban J connectivity index is 2.02. The maximum atomic E-state index is 12.4. The average molecular weight is 325 g/mol. The van der Waals surface area contributed by atoms with Crippen LogP contribution in [0.15, 0.2) is 0 Å². The molecule has 0 spiro atoms. The van der Waals surface area contributed by atoms with Gasteiger partial charge in [-0.15, -0.1) is 0 Å². The van der Waals surface area contributed by atoms with E-state index in [0.29, 0.717) is 13.0 Å². The van der Waals surface area contributed by atoms with Gasteiger partial charge in [0.1, 0.15) is 6.54 Å². The van der Waals surface area contributed by atoms with Crippen molar-refractivity contribution in [1.82, 2.24) is 15.1 Å². The number of urea groups is 1. The van der Waals surface area contributed by atoms with Gasteiger partial charge in [0.05, 0.1) is 6.61 Å². The fourth-order valence-electron chi connectivity index (χ4n) is 3.13. The first kappa shape index (κ1) is 17.4. The topological polar surface area (TPSA) is 96.0 Å². The molecule has 0 bridgehead atoms. The summed E-state index contributed by atoms with van der Waals surface area (Å²) in [4.78, 5) is 50.2. The fraction of sp³-hybridized carbons (Fsp3) is 0.733. The van der Waals surface area contributed by atoms with Crippen molar-refractivity contribution in [1.29, 1.82) is 0 Å². The predicted octanol–water partition coefficient (Wildman–Crippen LogP) is 0.119. The van der Waals surface area contributed by atoms with Gasteiger partial charge in [-0.05, 0) is 18.8 Å². The first-order chi connectivity index (χ1) is 11.0. The highest BCUT2D eigenvalue weighted by molar-refractivity contribution is 6.45. The summed E-state index contributed by atoms with van der Waals surface area (Å²) in [7, 11) is 1.50. The molecule has 0 aromatic heterocycles. The van der Waals surface area contributed by atoms with Gasteiger partial charge < -0.3 is 10.1 Å². The van der Waals surface area contributed by atoms with E-state index in [1.165, 1.54) is 7.11 Å². The summed E-state index contributed by atoms with van der Waals surface area (Å²) >= 11 is 0. The van der Waals surface area contributed by atoms with Gasteiger partial charge in [0.15, 0.2) is 0 Å². The minimum absolute atomic E-state index is 0.167. The van der Waals surface area contributed by atoms with E-state index in [0.717, 1.165) is 29.1 Å². The van der Waals surface area contributed by atoms with E-state index in [4.69, 9.17) is 4.74 Å². The standard InChI is InChI=1S/C15H23N3O5/c1-10-5-3-4-6-11(10)18-14(21)13(20)17(15(18)22)9-12(19)16-7-8-23-2/h10-11H,3-9H2,1-2H3,(H,16,19)/t10-,11-/m0/s1. The molecule has 2 rings (SSSR count). The zero-order chi connectivity index (χ0) is 17.0. The van der Waals surface area contributed by atoms with E-state index in [-0.39, 0.29) is 18.5 Å². The van der Waals surface area contributed by atoms with Crippen LogP contribution in [0, 0.1) is 5.92 Å². The molecule has 1 N–H and O–H groups in total. The maximum Gasteiger partial charge on any atom is 0.334 e. The van der Waals surface area contributed by atoms with Crippen molar-refractivity contribution in [2.45, 2.75) is 38.6 Å². The molecule has 2 fully saturated rings. The molecule has 1 aliphatic heterocycles. The van der Waals surface area contributed by atoms with Crippen LogP contribution in [0.3, 0.4) is 0 Å². The third-order valence-corrected chi connectivity index (χ3v) is 4.41. The van der Waals surface area contributed by atoms with Crippen LogP contribution in [-0.4, -0.2) is 66.4 Å². The van der Waals surface area contributed by atoms with Gasteiger partial charge in [0.25, 0.3) is 0 Å². The monoisotopic (exact) mass is 325 g/mol. The van der Waals surface area contributed by atoms with Gasteiger partial charge >= 0.3 is 17.8 Å². The lowest BCUT2D eigenvalue weighted by atomic mass is 9.85. The molecule has 0 aromatic rings. The number of ether oxygens (including phenoxy) is 1. The second-order valence-corrected chi connectivity index (χ2v) is 6.02. The van der Waals surface area contributed by atoms with Gasteiger partial charge in [-0.3, -0.25) is 19.3 Å². The van der Waals surface area contributed by atoms with Crippen molar-refractivity contribution >= 4 is 23.8 Å². The summed E-state index contributed by atoms with van der Waals surface area (Å²) < 4.78 is 4.81. The number of carbonyl (C=O) groups is 4. The first-order valence-electron chi connectivity index (χ1n) is 7.92. The summed E-state index contributed by atoms with van der Waals surface area (Å²) in [6.45, 7) is 2.15. The molecule has 5 amide bonds. The number of hydrogen-bond acceptors (Lipinski definition) is 5. The number of methoxy groups -OCH3 is 1. The molecule has 0 unspecified atom stereocenters. The Bertz CT molecular complexity index is 507. The molecule has 1 saturated carbocycles. The quantitative estimate of drug-likeness (QED) is 0.425. The molecule has 23 heavy (non-hydrogen) atoms. The molecular formula is C15H23N3O5. The second-order valence-electron chi connectivity index (χ2n) is 6.02. The molecule has 2 aliphatic rings. The van der Waals surface area contributed by atoms with Crippen LogP contribution in [-0.2, 0) is 19.1 Å². The van der Waals surface area contributed by atoms with Crippen molar-refractivity contribution in [2.75, 3.05) is 26.8 Å². The molecule has 8 nitrogen and oxygen atoms in total. The molecule has 2 atom stereocenters. The number of nitrogens with one attached hydrogen (secondary N) is 1. The van der Waals surface area contributed by atoms with Gasteiger partial charge in [0, 0.05) is 19.7 Å². The highest BCUT2D eigenvalue weighted by atomic mass is 16.5. The number of imide groups is 2. The Morgan fingerprint density at radius 1 is 1.22 bits per heavy atom. The summed E-state index contributed by atoms with van der Waals surface area (Å²) in [5.41, 5.74) is 0. The van der Waals surface area contributed by atoms with Crippen LogP contribution in [0.25, 0.3) is 0 Å². The lowest BCUT2D eigenvalue weighted by molar-refractivity contribution is -0.145. The highest BCUT2D eigenvalue weighted by Crippen LogP contribution is 2.31.